The van der Waals surface area contributed by atoms with E-state index in [2.05, 4.69) is 103 Å². The maximum absolute atomic E-state index is 6.68. The van der Waals surface area contributed by atoms with E-state index in [9.17, 15) is 0 Å². The van der Waals surface area contributed by atoms with Crippen molar-refractivity contribution in [1.29, 1.82) is 0 Å². The molecule has 0 amide bonds. The molecule has 0 saturated carbocycles. The minimum Gasteiger partial charge on any atom is -0.455 e. The van der Waals surface area contributed by atoms with Crippen molar-refractivity contribution in [2.24, 2.45) is 0 Å². The second-order valence-corrected chi connectivity index (χ2v) is 14.0. The minimum atomic E-state index is 0.553. The van der Waals surface area contributed by atoms with Crippen molar-refractivity contribution in [3.05, 3.63) is 188 Å². The summed E-state index contributed by atoms with van der Waals surface area (Å²) in [5.41, 5.74) is 12.5. The molecule has 11 rings (SSSR count). The molecule has 0 N–H and O–H groups in total. The first-order valence-corrected chi connectivity index (χ1v) is 18.7. The van der Waals surface area contributed by atoms with Crippen LogP contribution in [0.3, 0.4) is 0 Å². The van der Waals surface area contributed by atoms with Crippen LogP contribution in [0.25, 0.3) is 111 Å². The van der Waals surface area contributed by atoms with Crippen molar-refractivity contribution in [3.8, 4) is 67.5 Å². The molecule has 0 aliphatic heterocycles. The SMILES string of the molecule is c1ccc(-c2cccc(-c3cc(-c4ccc5oc6c(-c7nc(-c8ccccc8)nc(-c8ccccc8)n7)cccc6c5c4)c4oc5ccccc5c4c3)c2)cc1. The van der Waals surface area contributed by atoms with Gasteiger partial charge in [0.2, 0.25) is 0 Å². The highest BCUT2D eigenvalue weighted by atomic mass is 16.3. The number of nitrogens with zero attached hydrogens (tertiary/aromatic N) is 3. The third kappa shape index (κ3) is 5.45. The summed E-state index contributed by atoms with van der Waals surface area (Å²) in [5, 5.41) is 4.15. The molecule has 0 aliphatic carbocycles. The van der Waals surface area contributed by atoms with Gasteiger partial charge < -0.3 is 8.83 Å². The summed E-state index contributed by atoms with van der Waals surface area (Å²) in [4.78, 5) is 14.9. The number of hydrogen-bond donors (Lipinski definition) is 0. The number of furan rings is 2. The van der Waals surface area contributed by atoms with Crippen molar-refractivity contribution in [2.45, 2.75) is 0 Å². The number of aromatic nitrogens is 3. The lowest BCUT2D eigenvalue weighted by molar-refractivity contribution is 0.668. The van der Waals surface area contributed by atoms with Crippen molar-refractivity contribution in [1.82, 2.24) is 15.0 Å². The van der Waals surface area contributed by atoms with E-state index in [4.69, 9.17) is 23.8 Å². The van der Waals surface area contributed by atoms with Gasteiger partial charge in [-0.15, -0.1) is 0 Å². The van der Waals surface area contributed by atoms with Crippen LogP contribution in [0, 0.1) is 0 Å². The number of para-hydroxylation sites is 2. The molecule has 0 bridgehead atoms. The first-order valence-electron chi connectivity index (χ1n) is 18.7. The van der Waals surface area contributed by atoms with E-state index in [-0.39, 0.29) is 0 Å². The molecular formula is C51H31N3O2. The van der Waals surface area contributed by atoms with Crippen LogP contribution in [0.15, 0.2) is 197 Å². The lowest BCUT2D eigenvalue weighted by Crippen LogP contribution is -2.00. The van der Waals surface area contributed by atoms with E-state index in [0.29, 0.717) is 17.5 Å². The summed E-state index contributed by atoms with van der Waals surface area (Å²) < 4.78 is 13.3. The first-order chi connectivity index (χ1) is 27.7. The molecule has 3 heterocycles. The molecule has 262 valence electrons. The largest absolute Gasteiger partial charge is 0.455 e. The zero-order valence-corrected chi connectivity index (χ0v) is 30.1. The third-order valence-corrected chi connectivity index (χ3v) is 10.5. The van der Waals surface area contributed by atoms with Crippen molar-refractivity contribution < 1.29 is 8.83 Å². The minimum absolute atomic E-state index is 0.553. The maximum atomic E-state index is 6.68. The van der Waals surface area contributed by atoms with Gasteiger partial charge in [-0.2, -0.15) is 0 Å². The molecule has 0 fully saturated rings. The fraction of sp³-hybridized carbons (Fsp3) is 0. The van der Waals surface area contributed by atoms with Crippen LogP contribution in [-0.2, 0) is 0 Å². The fourth-order valence-electron chi connectivity index (χ4n) is 7.79. The average molecular weight is 718 g/mol. The highest BCUT2D eigenvalue weighted by molar-refractivity contribution is 6.14. The molecule has 0 radical (unpaired) electrons. The van der Waals surface area contributed by atoms with Gasteiger partial charge in [-0.25, -0.2) is 15.0 Å². The molecule has 5 nitrogen and oxygen atoms in total. The van der Waals surface area contributed by atoms with Gasteiger partial charge in [0.1, 0.15) is 22.3 Å². The van der Waals surface area contributed by atoms with Gasteiger partial charge in [0.25, 0.3) is 0 Å². The van der Waals surface area contributed by atoms with Gasteiger partial charge in [0.15, 0.2) is 17.5 Å². The van der Waals surface area contributed by atoms with Crippen LogP contribution in [-0.4, -0.2) is 15.0 Å². The smallest absolute Gasteiger partial charge is 0.167 e. The predicted molar refractivity (Wildman–Crippen MR) is 227 cm³/mol. The maximum Gasteiger partial charge on any atom is 0.167 e. The zero-order valence-electron chi connectivity index (χ0n) is 30.1. The molecule has 0 atom stereocenters. The molecule has 0 aliphatic rings. The Morgan fingerprint density at radius 1 is 0.268 bits per heavy atom. The molecule has 0 saturated heterocycles. The van der Waals surface area contributed by atoms with Crippen LogP contribution in [0.4, 0.5) is 0 Å². The fourth-order valence-corrected chi connectivity index (χ4v) is 7.79. The molecule has 3 aromatic heterocycles. The Morgan fingerprint density at radius 3 is 1.50 bits per heavy atom. The Morgan fingerprint density at radius 2 is 0.786 bits per heavy atom. The molecule has 8 aromatic carbocycles. The van der Waals surface area contributed by atoms with Crippen LogP contribution >= 0.6 is 0 Å². The van der Waals surface area contributed by atoms with Crippen LogP contribution < -0.4 is 0 Å². The molecule has 56 heavy (non-hydrogen) atoms. The summed E-state index contributed by atoms with van der Waals surface area (Å²) in [6, 6.07) is 64.7. The van der Waals surface area contributed by atoms with Crippen LogP contribution in [0.5, 0.6) is 0 Å². The summed E-state index contributed by atoms with van der Waals surface area (Å²) in [6.45, 7) is 0. The van der Waals surface area contributed by atoms with Gasteiger partial charge in [-0.1, -0.05) is 146 Å². The topological polar surface area (TPSA) is 65.0 Å². The Balaban J connectivity index is 1.09. The average Bonchev–Trinajstić information content (AvgIpc) is 3.85. The number of rotatable bonds is 6. The summed E-state index contributed by atoms with van der Waals surface area (Å²) >= 11 is 0. The monoisotopic (exact) mass is 717 g/mol. The molecule has 11 aromatic rings. The van der Waals surface area contributed by atoms with Crippen molar-refractivity contribution in [3.63, 3.8) is 0 Å². The molecule has 5 heteroatoms. The van der Waals surface area contributed by atoms with Gasteiger partial charge in [-0.05, 0) is 70.3 Å². The lowest BCUT2D eigenvalue weighted by atomic mass is 9.93. The second kappa shape index (κ2) is 13.0. The molecule has 0 unspecified atom stereocenters. The Labute approximate surface area is 322 Å². The lowest BCUT2D eigenvalue weighted by Gasteiger charge is -2.10. The van der Waals surface area contributed by atoms with Crippen LogP contribution in [0.2, 0.25) is 0 Å². The number of hydrogen-bond acceptors (Lipinski definition) is 5. The summed E-state index contributed by atoms with van der Waals surface area (Å²) in [7, 11) is 0. The van der Waals surface area contributed by atoms with E-state index in [1.165, 1.54) is 11.1 Å². The van der Waals surface area contributed by atoms with Gasteiger partial charge >= 0.3 is 0 Å². The van der Waals surface area contributed by atoms with Crippen LogP contribution in [0.1, 0.15) is 0 Å². The summed E-state index contributed by atoms with van der Waals surface area (Å²) in [6.07, 6.45) is 0. The van der Waals surface area contributed by atoms with E-state index in [0.717, 1.165) is 82.8 Å². The van der Waals surface area contributed by atoms with E-state index in [1.54, 1.807) is 0 Å². The Hall–Kier alpha value is -7.63. The Kier molecular flexibility index (Phi) is 7.42. The third-order valence-electron chi connectivity index (χ3n) is 10.5. The number of fused-ring (bicyclic) bond motifs is 6. The standard InChI is InChI=1S/C51H31N3O2/c1-4-14-32(15-5-1)35-20-12-21-36(28-35)38-30-42(48-44(31-38)39-22-10-11-25-45(39)55-48)37-26-27-46-43(29-37)40-23-13-24-41(47(40)56-46)51-53-49(33-16-6-2-7-17-33)52-50(54-51)34-18-8-3-9-19-34/h1-31H. The van der Waals surface area contributed by atoms with E-state index >= 15 is 0 Å². The number of benzene rings is 8. The predicted octanol–water partition coefficient (Wildman–Crippen LogP) is 13.7. The van der Waals surface area contributed by atoms with E-state index in [1.807, 2.05) is 84.9 Å². The normalized spacial score (nSPS) is 11.6. The van der Waals surface area contributed by atoms with Gasteiger partial charge in [0.05, 0.1) is 5.56 Å². The second-order valence-electron chi connectivity index (χ2n) is 14.0. The summed E-state index contributed by atoms with van der Waals surface area (Å²) in [5.74, 6) is 1.76. The Bertz CT molecular complexity index is 3180. The van der Waals surface area contributed by atoms with Gasteiger partial charge in [0, 0.05) is 38.2 Å². The zero-order chi connectivity index (χ0) is 37.0. The first kappa shape index (κ1) is 31.9. The molecular weight excluding hydrogens is 687 g/mol. The highest BCUT2D eigenvalue weighted by Crippen LogP contribution is 2.43. The molecule has 0 spiro atoms. The quantitative estimate of drug-likeness (QED) is 0.171. The highest BCUT2D eigenvalue weighted by Gasteiger charge is 2.20. The van der Waals surface area contributed by atoms with E-state index < -0.39 is 0 Å². The van der Waals surface area contributed by atoms with Gasteiger partial charge in [-0.3, -0.25) is 0 Å². The van der Waals surface area contributed by atoms with Crippen molar-refractivity contribution in [2.75, 3.05) is 0 Å². The van der Waals surface area contributed by atoms with Crippen molar-refractivity contribution >= 4 is 43.9 Å².